The number of hydrogen-bond donors (Lipinski definition) is 0. The molecule has 2 aromatic heterocycles. The first-order chi connectivity index (χ1) is 18.0. The summed E-state index contributed by atoms with van der Waals surface area (Å²) in [5.41, 5.74) is 2.85. The van der Waals surface area contributed by atoms with E-state index in [0.717, 1.165) is 11.1 Å². The number of hydrogen-bond acceptors (Lipinski definition) is 3. The largest absolute Gasteiger partial charge is 0.484 e. The Balaban J connectivity index is 1.67. The van der Waals surface area contributed by atoms with Crippen LogP contribution in [0.3, 0.4) is 0 Å². The summed E-state index contributed by atoms with van der Waals surface area (Å²) in [5.74, 6) is -8.01. The normalized spacial score (nSPS) is 14.6. The van der Waals surface area contributed by atoms with Crippen LogP contribution in [0, 0.1) is 31.3 Å². The summed E-state index contributed by atoms with van der Waals surface area (Å²) in [6, 6.07) is 8.07. The Hall–Kier alpha value is -4.21. The lowest BCUT2D eigenvalue weighted by Gasteiger charge is -2.18. The third-order valence-corrected chi connectivity index (χ3v) is 7.04. The predicted octanol–water partition coefficient (Wildman–Crippen LogP) is 6.49. The first kappa shape index (κ1) is 24.1. The zero-order valence-electron chi connectivity index (χ0n) is 20.5. The fourth-order valence-corrected chi connectivity index (χ4v) is 5.19. The van der Waals surface area contributed by atoms with Crippen LogP contribution in [0.4, 0.5) is 22.0 Å². The first-order valence-corrected chi connectivity index (χ1v) is 11.8. The van der Waals surface area contributed by atoms with Gasteiger partial charge >= 0.3 is 0 Å². The molecule has 1 aliphatic rings. The maximum atomic E-state index is 15.2. The van der Waals surface area contributed by atoms with Crippen molar-refractivity contribution in [1.82, 2.24) is 14.1 Å². The van der Waals surface area contributed by atoms with Gasteiger partial charge in [0.1, 0.15) is 11.3 Å². The minimum absolute atomic E-state index is 0.0430. The maximum Gasteiger partial charge on any atom is 0.298 e. The molecule has 0 saturated carbocycles. The van der Waals surface area contributed by atoms with Crippen molar-refractivity contribution in [2.45, 2.75) is 26.3 Å². The van der Waals surface area contributed by atoms with Crippen molar-refractivity contribution in [1.29, 1.82) is 0 Å². The van der Waals surface area contributed by atoms with Gasteiger partial charge in [0.25, 0.3) is 5.92 Å². The van der Waals surface area contributed by atoms with Crippen molar-refractivity contribution in [2.75, 3.05) is 6.61 Å². The number of imidazole rings is 1. The highest BCUT2D eigenvalue weighted by atomic mass is 19.3. The van der Waals surface area contributed by atoms with Crippen LogP contribution in [-0.2, 0) is 13.6 Å². The number of alkyl halides is 2. The molecule has 5 aromatic rings. The van der Waals surface area contributed by atoms with Crippen molar-refractivity contribution in [2.24, 2.45) is 7.05 Å². The molecule has 0 fully saturated rings. The minimum Gasteiger partial charge on any atom is -0.484 e. The van der Waals surface area contributed by atoms with Gasteiger partial charge in [0.15, 0.2) is 35.6 Å². The van der Waals surface area contributed by atoms with Gasteiger partial charge in [-0.15, -0.1) is 0 Å². The van der Waals surface area contributed by atoms with Crippen LogP contribution in [0.5, 0.6) is 5.75 Å². The highest BCUT2D eigenvalue weighted by molar-refractivity contribution is 6.18. The molecule has 0 amide bonds. The summed E-state index contributed by atoms with van der Waals surface area (Å²) < 4.78 is 80.6. The topological polar surface area (TPSA) is 49.0 Å². The molecule has 1 aliphatic heterocycles. The molecule has 3 aromatic carbocycles. The number of fused-ring (bicyclic) bond motifs is 4. The van der Waals surface area contributed by atoms with Crippen LogP contribution >= 0.6 is 0 Å². The number of benzene rings is 3. The molecule has 0 saturated heterocycles. The van der Waals surface area contributed by atoms with Crippen molar-refractivity contribution in [3.05, 3.63) is 82.6 Å². The van der Waals surface area contributed by atoms with Crippen molar-refractivity contribution < 1.29 is 31.5 Å². The summed E-state index contributed by atoms with van der Waals surface area (Å²) in [7, 11) is 1.82. The standard InChI is InChI=1S/C28H20F5N3O2/c1-13-7-21-24(34-14(2)35(21)3)27-22(13)17-6-4-5-16-18(10-36(25(16)17)11-28(32,33)12-38-27)26(37)15-8-19(29)23(31)20(30)9-15/h4-10H,11-12H2,1-3H3. The number of rotatable bonds is 2. The number of halogens is 5. The monoisotopic (exact) mass is 525 g/mol. The number of carbonyl (C=O) groups excluding carboxylic acids is 1. The summed E-state index contributed by atoms with van der Waals surface area (Å²) in [6.07, 6.45) is 1.24. The van der Waals surface area contributed by atoms with E-state index in [1.807, 2.05) is 24.6 Å². The average molecular weight is 525 g/mol. The molecule has 0 atom stereocenters. The van der Waals surface area contributed by atoms with E-state index in [0.29, 0.717) is 45.5 Å². The molecule has 38 heavy (non-hydrogen) atoms. The molecule has 0 bridgehead atoms. The number of nitrogens with zero attached hydrogens (tertiary/aromatic N) is 3. The van der Waals surface area contributed by atoms with Gasteiger partial charge in [-0.2, -0.15) is 0 Å². The van der Waals surface area contributed by atoms with E-state index in [9.17, 15) is 18.0 Å². The zero-order valence-corrected chi connectivity index (χ0v) is 20.5. The smallest absolute Gasteiger partial charge is 0.298 e. The fourth-order valence-electron chi connectivity index (χ4n) is 5.19. The van der Waals surface area contributed by atoms with Crippen LogP contribution < -0.4 is 4.74 Å². The lowest BCUT2D eigenvalue weighted by molar-refractivity contribution is -0.0530. The zero-order chi connectivity index (χ0) is 27.1. The van der Waals surface area contributed by atoms with Crippen LogP contribution in [0.15, 0.2) is 42.6 Å². The number of para-hydroxylation sites is 1. The summed E-state index contributed by atoms with van der Waals surface area (Å²) >= 11 is 0. The molecule has 0 spiro atoms. The van der Waals surface area contributed by atoms with E-state index < -0.39 is 47.9 Å². The van der Waals surface area contributed by atoms with Gasteiger partial charge < -0.3 is 13.9 Å². The van der Waals surface area contributed by atoms with Crippen molar-refractivity contribution in [3.63, 3.8) is 0 Å². The Morgan fingerprint density at radius 2 is 1.79 bits per heavy atom. The number of aromatic nitrogens is 3. The van der Waals surface area contributed by atoms with Gasteiger partial charge in [0.2, 0.25) is 0 Å². The predicted molar refractivity (Wildman–Crippen MR) is 131 cm³/mol. The Morgan fingerprint density at radius 1 is 1.08 bits per heavy atom. The number of ether oxygens (including phenoxy) is 1. The lowest BCUT2D eigenvalue weighted by Crippen LogP contribution is -2.30. The second kappa shape index (κ2) is 8.14. The average Bonchev–Trinajstić information content (AvgIpc) is 3.37. The quantitative estimate of drug-likeness (QED) is 0.150. The molecule has 0 N–H and O–H groups in total. The Bertz CT molecular complexity index is 1800. The lowest BCUT2D eigenvalue weighted by atomic mass is 9.94. The van der Waals surface area contributed by atoms with Crippen molar-refractivity contribution >= 4 is 27.7 Å². The Kier molecular flexibility index (Phi) is 5.17. The molecular formula is C28H20F5N3O2. The highest BCUT2D eigenvalue weighted by Gasteiger charge is 2.36. The Morgan fingerprint density at radius 3 is 2.50 bits per heavy atom. The van der Waals surface area contributed by atoms with Gasteiger partial charge in [0.05, 0.1) is 17.6 Å². The molecule has 0 radical (unpaired) electrons. The summed E-state index contributed by atoms with van der Waals surface area (Å²) in [6.45, 7) is 1.90. The van der Waals surface area contributed by atoms with E-state index in [2.05, 4.69) is 4.98 Å². The van der Waals surface area contributed by atoms with E-state index >= 15 is 8.78 Å². The highest BCUT2D eigenvalue weighted by Crippen LogP contribution is 2.45. The molecule has 5 nitrogen and oxygen atoms in total. The van der Waals surface area contributed by atoms with Gasteiger partial charge in [0, 0.05) is 40.9 Å². The van der Waals surface area contributed by atoms with Crippen LogP contribution in [0.1, 0.15) is 27.3 Å². The third-order valence-electron chi connectivity index (χ3n) is 7.04. The summed E-state index contributed by atoms with van der Waals surface area (Å²) in [4.78, 5) is 17.9. The molecule has 6 rings (SSSR count). The van der Waals surface area contributed by atoms with E-state index in [-0.39, 0.29) is 11.3 Å². The molecule has 10 heteroatoms. The number of ketones is 1. The first-order valence-electron chi connectivity index (χ1n) is 11.8. The van der Waals surface area contributed by atoms with E-state index in [1.54, 1.807) is 25.1 Å². The van der Waals surface area contributed by atoms with Crippen LogP contribution in [0.2, 0.25) is 0 Å². The van der Waals surface area contributed by atoms with E-state index in [4.69, 9.17) is 4.74 Å². The third kappa shape index (κ3) is 3.50. The molecule has 194 valence electrons. The fraction of sp³-hybridized carbons (Fsp3) is 0.214. The molecule has 3 heterocycles. The molecule has 0 unspecified atom stereocenters. The van der Waals surface area contributed by atoms with Gasteiger partial charge in [-0.25, -0.2) is 26.9 Å². The molecular weight excluding hydrogens is 505 g/mol. The number of aryl methyl sites for hydroxylation is 3. The second-order valence-electron chi connectivity index (χ2n) is 9.58. The number of carbonyl (C=O) groups is 1. The van der Waals surface area contributed by atoms with Gasteiger partial charge in [-0.1, -0.05) is 18.2 Å². The minimum atomic E-state index is -3.34. The van der Waals surface area contributed by atoms with E-state index in [1.165, 1.54) is 10.8 Å². The summed E-state index contributed by atoms with van der Waals surface area (Å²) in [5, 5.41) is 0.304. The van der Waals surface area contributed by atoms with Gasteiger partial charge in [-0.05, 0) is 37.6 Å². The molecule has 0 aliphatic carbocycles. The van der Waals surface area contributed by atoms with Crippen LogP contribution in [0.25, 0.3) is 33.1 Å². The van der Waals surface area contributed by atoms with Crippen molar-refractivity contribution in [3.8, 4) is 16.9 Å². The van der Waals surface area contributed by atoms with Gasteiger partial charge in [-0.3, -0.25) is 4.79 Å². The maximum absolute atomic E-state index is 15.2. The SMILES string of the molecule is Cc1cc2c(nc(C)n2C)c2c1-c1cccc3c(C(=O)c4cc(F)c(F)c(F)c4)cn(c13)CC(F)(F)CO2. The van der Waals surface area contributed by atoms with Crippen LogP contribution in [-0.4, -0.2) is 32.4 Å². The Labute approximate surface area is 213 Å². The second-order valence-corrected chi connectivity index (χ2v) is 9.58.